The monoisotopic (exact) mass is 182 g/mol. The van der Waals surface area contributed by atoms with E-state index < -0.39 is 5.26 Å². The van der Waals surface area contributed by atoms with Crippen molar-refractivity contribution in [2.24, 2.45) is 0 Å². The Hall–Kier alpha value is 0.0400. The van der Waals surface area contributed by atoms with Gasteiger partial charge < -0.3 is 0 Å². The summed E-state index contributed by atoms with van der Waals surface area (Å²) >= 11 is 3.60. The molecular weight excluding hydrogens is 181 g/mol. The van der Waals surface area contributed by atoms with Gasteiger partial charge in [0.1, 0.15) is 4.60 Å². The smallest absolute Gasteiger partial charge is 0.202 e. The fraction of sp³-hybridized carbons (Fsp3) is 0. The number of hydrogen-bond acceptors (Lipinski definition) is 2. The molecule has 1 nitrogen and oxygen atoms in total. The fourth-order valence-electron chi connectivity index (χ4n) is 0.207. The maximum atomic E-state index is 11.9. The van der Waals surface area contributed by atoms with Crippen LogP contribution in [0.3, 0.4) is 0 Å². The topological polar surface area (TPSA) is 12.9 Å². The second-order valence-electron chi connectivity index (χ2n) is 0.860. The van der Waals surface area contributed by atoms with Crippen molar-refractivity contribution in [1.82, 2.24) is 4.98 Å². The summed E-state index contributed by atoms with van der Waals surface area (Å²) in [4.78, 5) is 3.29. The minimum absolute atomic E-state index is 0.127. The van der Waals surface area contributed by atoms with E-state index in [1.165, 1.54) is 0 Å². The normalized spacial score (nSPS) is 11.4. The Labute approximate surface area is 53.7 Å². The standard InChI is InChI=1S/C3HBrFNS/c4-2-1-7-3(5)6-2/h1H/i1D. The summed E-state index contributed by atoms with van der Waals surface area (Å²) < 4.78 is 19.1. The molecule has 0 saturated heterocycles. The Bertz CT molecular complexity index is 182. The second kappa shape index (κ2) is 1.88. The minimum atomic E-state index is -0.568. The second-order valence-corrected chi connectivity index (χ2v) is 2.36. The molecule has 38 valence electrons. The largest absolute Gasteiger partial charge is 0.270 e. The molecule has 1 aromatic heterocycles. The quantitative estimate of drug-likeness (QED) is 0.599. The highest BCUT2D eigenvalue weighted by Gasteiger charge is 1.92. The zero-order valence-electron chi connectivity index (χ0n) is 4.11. The number of halogens is 2. The van der Waals surface area contributed by atoms with Crippen LogP contribution in [0.15, 0.2) is 9.96 Å². The van der Waals surface area contributed by atoms with E-state index in [2.05, 4.69) is 20.9 Å². The van der Waals surface area contributed by atoms with Crippen molar-refractivity contribution in [2.75, 3.05) is 0 Å². The van der Waals surface area contributed by atoms with Crippen LogP contribution in [-0.4, -0.2) is 4.98 Å². The minimum Gasteiger partial charge on any atom is -0.202 e. The predicted octanol–water partition coefficient (Wildman–Crippen LogP) is 2.04. The van der Waals surface area contributed by atoms with Gasteiger partial charge in [-0.15, -0.1) is 0 Å². The van der Waals surface area contributed by atoms with Crippen LogP contribution in [0.5, 0.6) is 0 Å². The van der Waals surface area contributed by atoms with Crippen LogP contribution in [0.25, 0.3) is 0 Å². The van der Waals surface area contributed by atoms with Crippen molar-refractivity contribution in [2.45, 2.75) is 0 Å². The number of rotatable bonds is 0. The van der Waals surface area contributed by atoms with Gasteiger partial charge in [-0.1, -0.05) is 11.3 Å². The van der Waals surface area contributed by atoms with Gasteiger partial charge in [0.15, 0.2) is 0 Å². The SMILES string of the molecule is [2H]c1sc(F)nc1Br. The first-order chi connectivity index (χ1) is 3.70. The Morgan fingerprint density at radius 1 is 2.14 bits per heavy atom. The highest BCUT2D eigenvalue weighted by molar-refractivity contribution is 9.10. The first-order valence-corrected chi connectivity index (χ1v) is 3.09. The summed E-state index contributed by atoms with van der Waals surface area (Å²) in [6.45, 7) is 0. The van der Waals surface area contributed by atoms with Crippen LogP contribution >= 0.6 is 27.3 Å². The lowest BCUT2D eigenvalue weighted by molar-refractivity contribution is 0.615. The van der Waals surface area contributed by atoms with Crippen molar-refractivity contribution in [3.05, 3.63) is 15.2 Å². The third-order valence-electron chi connectivity index (χ3n) is 0.406. The van der Waals surface area contributed by atoms with E-state index in [4.69, 9.17) is 1.37 Å². The molecule has 0 aliphatic rings. The average Bonchev–Trinajstić information content (AvgIpc) is 1.85. The maximum Gasteiger partial charge on any atom is 0.270 e. The molecule has 0 N–H and O–H groups in total. The fourth-order valence-corrected chi connectivity index (χ4v) is 1.07. The van der Waals surface area contributed by atoms with Crippen LogP contribution in [0.1, 0.15) is 1.37 Å². The molecule has 1 heterocycles. The maximum absolute atomic E-state index is 11.9. The molecule has 0 aromatic carbocycles. The van der Waals surface area contributed by atoms with Crippen LogP contribution in [0, 0.1) is 5.26 Å². The van der Waals surface area contributed by atoms with Crippen LogP contribution in [0.4, 0.5) is 4.39 Å². The molecule has 7 heavy (non-hydrogen) atoms. The van der Waals surface area contributed by atoms with Gasteiger partial charge in [0.05, 0.1) is 1.37 Å². The molecule has 0 aliphatic heterocycles. The highest BCUT2D eigenvalue weighted by atomic mass is 79.9. The van der Waals surface area contributed by atoms with E-state index in [9.17, 15) is 4.39 Å². The Morgan fingerprint density at radius 2 is 2.86 bits per heavy atom. The van der Waals surface area contributed by atoms with Gasteiger partial charge in [0.2, 0.25) is 0 Å². The Balaban J connectivity index is 3.14. The number of aromatic nitrogens is 1. The zero-order chi connectivity index (χ0) is 6.15. The van der Waals surface area contributed by atoms with E-state index >= 15 is 0 Å². The predicted molar refractivity (Wildman–Crippen MR) is 29.8 cm³/mol. The number of thiazole rings is 1. The van der Waals surface area contributed by atoms with Crippen molar-refractivity contribution in [3.63, 3.8) is 0 Å². The van der Waals surface area contributed by atoms with Gasteiger partial charge in [-0.05, 0) is 15.9 Å². The van der Waals surface area contributed by atoms with E-state index in [1.807, 2.05) is 0 Å². The van der Waals surface area contributed by atoms with Crippen LogP contribution in [-0.2, 0) is 0 Å². The van der Waals surface area contributed by atoms with Crippen LogP contribution < -0.4 is 0 Å². The summed E-state index contributed by atoms with van der Waals surface area (Å²) in [5, 5.41) is -0.440. The van der Waals surface area contributed by atoms with Gasteiger partial charge in [0, 0.05) is 5.36 Å². The molecule has 1 aromatic rings. The summed E-state index contributed by atoms with van der Waals surface area (Å²) in [5.74, 6) is 0. The average molecular weight is 183 g/mol. The van der Waals surface area contributed by atoms with Gasteiger partial charge in [0.25, 0.3) is 5.26 Å². The molecule has 0 radical (unpaired) electrons. The first kappa shape index (κ1) is 3.97. The zero-order valence-corrected chi connectivity index (χ0v) is 5.51. The summed E-state index contributed by atoms with van der Waals surface area (Å²) in [7, 11) is 0. The Morgan fingerprint density at radius 3 is 3.00 bits per heavy atom. The molecule has 0 fully saturated rings. The van der Waals surface area contributed by atoms with Crippen molar-refractivity contribution >= 4 is 27.3 Å². The number of hydrogen-bond donors (Lipinski definition) is 0. The molecule has 0 saturated carbocycles. The summed E-state index contributed by atoms with van der Waals surface area (Å²) in [6, 6.07) is 0. The van der Waals surface area contributed by atoms with Gasteiger partial charge in [-0.25, -0.2) is 4.98 Å². The third-order valence-corrected chi connectivity index (χ3v) is 1.60. The van der Waals surface area contributed by atoms with E-state index in [0.29, 0.717) is 11.3 Å². The lowest BCUT2D eigenvalue weighted by atomic mass is 11.0. The van der Waals surface area contributed by atoms with E-state index in [1.54, 1.807) is 0 Å². The van der Waals surface area contributed by atoms with Gasteiger partial charge >= 0.3 is 0 Å². The van der Waals surface area contributed by atoms with E-state index in [-0.39, 0.29) is 9.96 Å². The molecular formula is C3HBrFNS. The number of nitrogens with zero attached hydrogens (tertiary/aromatic N) is 1. The lowest BCUT2D eigenvalue weighted by Gasteiger charge is -1.65. The first-order valence-electron chi connectivity index (χ1n) is 1.98. The molecule has 0 bridgehead atoms. The van der Waals surface area contributed by atoms with Gasteiger partial charge in [-0.2, -0.15) is 4.39 Å². The third kappa shape index (κ3) is 1.21. The molecule has 0 amide bonds. The van der Waals surface area contributed by atoms with Crippen molar-refractivity contribution in [1.29, 1.82) is 0 Å². The molecule has 0 spiro atoms. The summed E-state index contributed by atoms with van der Waals surface area (Å²) in [6.07, 6.45) is 0. The lowest BCUT2D eigenvalue weighted by Crippen LogP contribution is -1.62. The molecule has 1 rings (SSSR count). The van der Waals surface area contributed by atoms with Crippen molar-refractivity contribution in [3.8, 4) is 0 Å². The highest BCUT2D eigenvalue weighted by Crippen LogP contribution is 2.11. The molecule has 4 heteroatoms. The summed E-state index contributed by atoms with van der Waals surface area (Å²) in [5.41, 5.74) is 0. The van der Waals surface area contributed by atoms with E-state index in [0.717, 1.165) is 0 Å². The molecule has 0 aliphatic carbocycles. The van der Waals surface area contributed by atoms with Crippen LogP contribution in [0.2, 0.25) is 0 Å². The van der Waals surface area contributed by atoms with Crippen molar-refractivity contribution < 1.29 is 5.76 Å². The van der Waals surface area contributed by atoms with Gasteiger partial charge in [-0.3, -0.25) is 0 Å². The Kier molecular flexibility index (Phi) is 1.07. The molecule has 0 unspecified atom stereocenters. The molecule has 0 atom stereocenters.